The van der Waals surface area contributed by atoms with Crippen molar-refractivity contribution in [1.29, 1.82) is 0 Å². The highest BCUT2D eigenvalue weighted by molar-refractivity contribution is 7.18. The first-order valence-electron chi connectivity index (χ1n) is 8.47. The van der Waals surface area contributed by atoms with E-state index in [2.05, 4.69) is 4.90 Å². The molecule has 1 aliphatic heterocycles. The third-order valence-electron chi connectivity index (χ3n) is 4.58. The van der Waals surface area contributed by atoms with Gasteiger partial charge in [0.2, 0.25) is 0 Å². The predicted molar refractivity (Wildman–Crippen MR) is 101 cm³/mol. The van der Waals surface area contributed by atoms with Crippen molar-refractivity contribution in [2.75, 3.05) is 31.2 Å². The van der Waals surface area contributed by atoms with Crippen molar-refractivity contribution >= 4 is 33.1 Å². The maximum absolute atomic E-state index is 14.4. The van der Waals surface area contributed by atoms with Crippen molar-refractivity contribution in [1.82, 2.24) is 0 Å². The van der Waals surface area contributed by atoms with Gasteiger partial charge in [-0.05, 0) is 35.1 Å². The van der Waals surface area contributed by atoms with Crippen molar-refractivity contribution < 1.29 is 19.0 Å². The molecule has 0 amide bonds. The van der Waals surface area contributed by atoms with E-state index in [-0.39, 0.29) is 5.82 Å². The third kappa shape index (κ3) is 3.30. The molecule has 0 saturated carbocycles. The fourth-order valence-electron chi connectivity index (χ4n) is 3.31. The minimum atomic E-state index is -0.939. The van der Waals surface area contributed by atoms with Crippen LogP contribution in [0.3, 0.4) is 0 Å². The second-order valence-corrected chi connectivity index (χ2v) is 7.35. The van der Waals surface area contributed by atoms with E-state index < -0.39 is 5.97 Å². The van der Waals surface area contributed by atoms with Gasteiger partial charge in [-0.3, -0.25) is 0 Å². The van der Waals surface area contributed by atoms with Gasteiger partial charge in [0.25, 0.3) is 0 Å². The molecule has 1 fully saturated rings. The first kappa shape index (κ1) is 17.0. The molecular weight excluding hydrogens is 353 g/mol. The van der Waals surface area contributed by atoms with E-state index in [0.29, 0.717) is 29.9 Å². The van der Waals surface area contributed by atoms with Crippen LogP contribution in [0.4, 0.5) is 9.39 Å². The molecule has 0 bridgehead atoms. The number of ether oxygens (including phenoxy) is 1. The van der Waals surface area contributed by atoms with Crippen LogP contribution >= 0.6 is 11.3 Å². The molecule has 2 aromatic carbocycles. The van der Waals surface area contributed by atoms with Gasteiger partial charge in [0.05, 0.1) is 18.2 Å². The first-order valence-corrected chi connectivity index (χ1v) is 9.29. The molecule has 0 spiro atoms. The second kappa shape index (κ2) is 7.05. The maximum Gasteiger partial charge on any atom is 0.346 e. The summed E-state index contributed by atoms with van der Waals surface area (Å²) in [5, 5.41) is 11.9. The van der Waals surface area contributed by atoms with Crippen molar-refractivity contribution in [3.8, 4) is 0 Å². The van der Waals surface area contributed by atoms with Crippen molar-refractivity contribution in [3.05, 3.63) is 64.3 Å². The summed E-state index contributed by atoms with van der Waals surface area (Å²) in [6.45, 7) is 2.80. The number of rotatable bonds is 4. The number of thiophene rings is 1. The molecule has 4 rings (SSSR count). The Labute approximate surface area is 154 Å². The molecule has 1 aliphatic rings. The monoisotopic (exact) mass is 371 g/mol. The Bertz CT molecular complexity index is 963. The third-order valence-corrected chi connectivity index (χ3v) is 5.80. The van der Waals surface area contributed by atoms with E-state index >= 15 is 0 Å². The average Bonchev–Trinajstić information content (AvgIpc) is 3.07. The standard InChI is InChI=1S/C20H18FNO3S/c21-17-11-13(9-14-3-1-2-4-16(14)17)10-15-12-18(26-19(15)20(23)24)22-5-7-25-8-6-22/h1-4,9,11-12H,5-8,10H2,(H,23,24). The van der Waals surface area contributed by atoms with Crippen LogP contribution in [-0.4, -0.2) is 37.4 Å². The predicted octanol–water partition coefficient (Wildman–Crippen LogP) is 4.17. The lowest BCUT2D eigenvalue weighted by molar-refractivity contribution is 0.0701. The van der Waals surface area contributed by atoms with E-state index in [9.17, 15) is 14.3 Å². The summed E-state index contributed by atoms with van der Waals surface area (Å²) in [5.74, 6) is -1.22. The van der Waals surface area contributed by atoms with Gasteiger partial charge in [-0.2, -0.15) is 0 Å². The van der Waals surface area contributed by atoms with Crippen molar-refractivity contribution in [3.63, 3.8) is 0 Å². The molecule has 4 nitrogen and oxygen atoms in total. The molecule has 1 aromatic heterocycles. The van der Waals surface area contributed by atoms with Crippen LogP contribution in [0.5, 0.6) is 0 Å². The number of aromatic carboxylic acids is 1. The van der Waals surface area contributed by atoms with E-state index in [1.807, 2.05) is 24.3 Å². The number of hydrogen-bond acceptors (Lipinski definition) is 4. The van der Waals surface area contributed by atoms with Crippen LogP contribution in [0.15, 0.2) is 42.5 Å². The van der Waals surface area contributed by atoms with Crippen LogP contribution in [0.25, 0.3) is 10.8 Å². The molecule has 3 aromatic rings. The van der Waals surface area contributed by atoms with E-state index in [0.717, 1.165) is 34.6 Å². The molecule has 134 valence electrons. The SMILES string of the molecule is O=C(O)c1sc(N2CCOCC2)cc1Cc1cc(F)c2ccccc2c1. The van der Waals surface area contributed by atoms with E-state index in [1.165, 1.54) is 17.4 Å². The number of anilines is 1. The van der Waals surface area contributed by atoms with Crippen molar-refractivity contribution in [2.24, 2.45) is 0 Å². The zero-order valence-electron chi connectivity index (χ0n) is 14.1. The number of carboxylic acid groups (broad SMARTS) is 1. The summed E-state index contributed by atoms with van der Waals surface area (Å²) in [7, 11) is 0. The summed E-state index contributed by atoms with van der Waals surface area (Å²) in [5.41, 5.74) is 1.49. The molecule has 1 saturated heterocycles. The number of morpholine rings is 1. The van der Waals surface area contributed by atoms with Gasteiger partial charge < -0.3 is 14.7 Å². The second-order valence-electron chi connectivity index (χ2n) is 6.32. The molecule has 0 radical (unpaired) electrons. The Morgan fingerprint density at radius 3 is 2.73 bits per heavy atom. The summed E-state index contributed by atoms with van der Waals surface area (Å²) in [6, 6.07) is 12.6. The highest BCUT2D eigenvalue weighted by atomic mass is 32.1. The van der Waals surface area contributed by atoms with Gasteiger partial charge >= 0.3 is 5.97 Å². The van der Waals surface area contributed by atoms with Crippen LogP contribution < -0.4 is 4.90 Å². The normalized spacial score (nSPS) is 14.7. The van der Waals surface area contributed by atoms with Crippen LogP contribution in [0, 0.1) is 5.82 Å². The topological polar surface area (TPSA) is 49.8 Å². The Balaban J connectivity index is 1.69. The molecular formula is C20H18FNO3S. The number of hydrogen-bond donors (Lipinski definition) is 1. The van der Waals surface area contributed by atoms with Gasteiger partial charge in [0.15, 0.2) is 0 Å². The molecule has 0 atom stereocenters. The number of carboxylic acids is 1. The molecule has 2 heterocycles. The molecule has 1 N–H and O–H groups in total. The van der Waals surface area contributed by atoms with Crippen LogP contribution in [-0.2, 0) is 11.2 Å². The minimum absolute atomic E-state index is 0.279. The van der Waals surface area contributed by atoms with Gasteiger partial charge in [-0.1, -0.05) is 30.3 Å². The van der Waals surface area contributed by atoms with Gasteiger partial charge in [0.1, 0.15) is 10.7 Å². The summed E-state index contributed by atoms with van der Waals surface area (Å²) in [4.78, 5) is 14.1. The van der Waals surface area contributed by atoms with Gasteiger partial charge in [-0.15, -0.1) is 11.3 Å². The number of fused-ring (bicyclic) bond motifs is 1. The van der Waals surface area contributed by atoms with Gasteiger partial charge in [0, 0.05) is 18.5 Å². The Kier molecular flexibility index (Phi) is 4.61. The molecule has 26 heavy (non-hydrogen) atoms. The Morgan fingerprint density at radius 1 is 1.19 bits per heavy atom. The maximum atomic E-state index is 14.4. The number of benzene rings is 2. The lowest BCUT2D eigenvalue weighted by atomic mass is 10.0. The number of carbonyl (C=O) groups is 1. The highest BCUT2D eigenvalue weighted by Crippen LogP contribution is 2.33. The zero-order valence-corrected chi connectivity index (χ0v) is 14.9. The molecule has 0 unspecified atom stereocenters. The largest absolute Gasteiger partial charge is 0.477 e. The Morgan fingerprint density at radius 2 is 1.96 bits per heavy atom. The smallest absolute Gasteiger partial charge is 0.346 e. The summed E-state index contributed by atoms with van der Waals surface area (Å²) < 4.78 is 19.7. The Hall–Kier alpha value is -2.44. The number of nitrogens with zero attached hydrogens (tertiary/aromatic N) is 1. The first-order chi connectivity index (χ1) is 12.6. The lowest BCUT2D eigenvalue weighted by Gasteiger charge is -2.27. The van der Waals surface area contributed by atoms with Gasteiger partial charge in [-0.25, -0.2) is 9.18 Å². The fraction of sp³-hybridized carbons (Fsp3) is 0.250. The number of halogens is 1. The van der Waals surface area contributed by atoms with E-state index in [4.69, 9.17) is 4.74 Å². The fourth-order valence-corrected chi connectivity index (χ4v) is 4.38. The average molecular weight is 371 g/mol. The van der Waals surface area contributed by atoms with E-state index in [1.54, 1.807) is 12.1 Å². The highest BCUT2D eigenvalue weighted by Gasteiger charge is 2.20. The quantitative estimate of drug-likeness (QED) is 0.748. The molecule has 6 heteroatoms. The minimum Gasteiger partial charge on any atom is -0.477 e. The lowest BCUT2D eigenvalue weighted by Crippen LogP contribution is -2.35. The van der Waals surface area contributed by atoms with Crippen molar-refractivity contribution in [2.45, 2.75) is 6.42 Å². The summed E-state index contributed by atoms with van der Waals surface area (Å²) in [6.07, 6.45) is 0.393. The van der Waals surface area contributed by atoms with Crippen LogP contribution in [0.2, 0.25) is 0 Å². The summed E-state index contributed by atoms with van der Waals surface area (Å²) >= 11 is 1.28. The van der Waals surface area contributed by atoms with Crippen LogP contribution in [0.1, 0.15) is 20.8 Å². The zero-order chi connectivity index (χ0) is 18.1. The molecule has 0 aliphatic carbocycles.